The van der Waals surface area contributed by atoms with Crippen LogP contribution in [0.1, 0.15) is 12.5 Å². The molecule has 0 aliphatic carbocycles. The second kappa shape index (κ2) is 12.6. The highest BCUT2D eigenvalue weighted by atomic mass is 35.5. The van der Waals surface area contributed by atoms with Crippen molar-refractivity contribution in [3.63, 3.8) is 0 Å². The molecule has 2 saturated heterocycles. The quantitative estimate of drug-likeness (QED) is 0.135. The summed E-state index contributed by atoms with van der Waals surface area (Å²) >= 11 is 11.8. The van der Waals surface area contributed by atoms with Crippen molar-refractivity contribution < 1.29 is 44.1 Å². The monoisotopic (exact) mass is 602 g/mol. The minimum atomic E-state index is -3.00. The molecule has 8 atom stereocenters. The number of H-pyrrole nitrogens is 2. The predicted octanol–water partition coefficient (Wildman–Crippen LogP) is -2.81. The van der Waals surface area contributed by atoms with Crippen LogP contribution >= 0.6 is 31.6 Å². The summed E-state index contributed by atoms with van der Waals surface area (Å²) in [4.78, 5) is 77.4. The number of rotatable bonds is 5. The van der Waals surface area contributed by atoms with Gasteiger partial charge in [-0.2, -0.15) is 0 Å². The Morgan fingerprint density at radius 1 is 0.921 bits per heavy atom. The van der Waals surface area contributed by atoms with Gasteiger partial charge in [0.2, 0.25) is 6.29 Å². The van der Waals surface area contributed by atoms with Crippen LogP contribution < -0.4 is 22.5 Å². The maximum Gasteiger partial charge on any atom is 0.386 e. The van der Waals surface area contributed by atoms with Gasteiger partial charge in [0.25, 0.3) is 19.5 Å². The molecule has 20 heteroatoms. The van der Waals surface area contributed by atoms with Gasteiger partial charge in [-0.1, -0.05) is 0 Å². The molecule has 0 amide bonds. The summed E-state index contributed by atoms with van der Waals surface area (Å²) in [5.41, 5.74) is -4.06. The number of ether oxygens (including phenoxy) is 3. The van der Waals surface area contributed by atoms with E-state index in [0.29, 0.717) is 0 Å². The van der Waals surface area contributed by atoms with Crippen LogP contribution in [-0.2, 0) is 14.2 Å². The van der Waals surface area contributed by atoms with Crippen molar-refractivity contribution >= 4 is 37.3 Å². The molecule has 4 rings (SSSR count). The van der Waals surface area contributed by atoms with E-state index in [-0.39, 0.29) is 0 Å². The number of aliphatic hydroxyl groups excluding tert-OH is 3. The minimum Gasteiger partial charge on any atom is -0.426 e. The van der Waals surface area contributed by atoms with E-state index in [2.05, 4.69) is 9.72 Å². The molecule has 2 aliphatic rings. The van der Waals surface area contributed by atoms with Gasteiger partial charge >= 0.3 is 17.1 Å². The van der Waals surface area contributed by atoms with Crippen LogP contribution in [0.5, 0.6) is 0 Å². The fourth-order valence-electron chi connectivity index (χ4n) is 3.41. The Morgan fingerprint density at radius 2 is 1.39 bits per heavy atom. The van der Waals surface area contributed by atoms with E-state index in [1.807, 2.05) is 4.98 Å². The molecule has 0 saturated carbocycles. The summed E-state index contributed by atoms with van der Waals surface area (Å²) in [5, 5.41) is 26.3. The number of nitrogens with one attached hydrogen (secondary N) is 2. The Hall–Kier alpha value is -2.44. The number of carbonyl (C=O) groups excluding carboxylic acids is 1. The molecule has 2 aromatic rings. The van der Waals surface area contributed by atoms with Crippen LogP contribution in [0.15, 0.2) is 43.7 Å². The van der Waals surface area contributed by atoms with Crippen LogP contribution in [0.3, 0.4) is 0 Å². The van der Waals surface area contributed by atoms with E-state index < -0.39 is 91.0 Å². The Kier molecular flexibility index (Phi) is 9.99. The summed E-state index contributed by atoms with van der Waals surface area (Å²) in [6.07, 6.45) is -4.81. The first kappa shape index (κ1) is 30.1. The highest BCUT2D eigenvalue weighted by Crippen LogP contribution is 2.36. The van der Waals surface area contributed by atoms with Crippen molar-refractivity contribution in [2.45, 2.75) is 47.8 Å². The number of aromatic nitrogens is 4. The normalized spacial score (nSPS) is 30.6. The first-order valence-corrected chi connectivity index (χ1v) is 12.5. The number of halogens is 2. The Balaban J connectivity index is 0.000000215. The number of carbonyl (C=O) groups is 1. The predicted molar refractivity (Wildman–Crippen MR) is 127 cm³/mol. The number of nitrogens with zero attached hydrogens (tertiary/aromatic N) is 2. The lowest BCUT2D eigenvalue weighted by atomic mass is 10.2. The largest absolute Gasteiger partial charge is 0.426 e. The SMILES string of the molecule is O=C(O[C@H]1O[C@@H](n2ccc(=O)[nH]c2=O)[C@H](Cl)[C@@H]1O)P(O)O.O=c1ccn([C@@H]2O[C@H](CO)[C@@H](O)[C@H]2Cl)c(=O)[nH]1. The first-order valence-electron chi connectivity index (χ1n) is 10.4. The molecule has 2 aromatic heterocycles. The van der Waals surface area contributed by atoms with Crippen molar-refractivity contribution in [3.05, 3.63) is 66.2 Å². The van der Waals surface area contributed by atoms with Crippen LogP contribution in [0.2, 0.25) is 0 Å². The lowest BCUT2D eigenvalue weighted by molar-refractivity contribution is -0.139. The second-order valence-corrected chi connectivity index (χ2v) is 9.67. The number of aromatic amines is 2. The van der Waals surface area contributed by atoms with E-state index in [1.165, 1.54) is 6.20 Å². The zero-order valence-electron chi connectivity index (χ0n) is 18.7. The van der Waals surface area contributed by atoms with Crippen LogP contribution in [0.4, 0.5) is 4.79 Å². The van der Waals surface area contributed by atoms with Gasteiger partial charge in [-0.25, -0.2) is 14.4 Å². The molecule has 0 bridgehead atoms. The number of alkyl halides is 2. The molecule has 0 unspecified atom stereocenters. The van der Waals surface area contributed by atoms with Crippen molar-refractivity contribution in [1.82, 2.24) is 19.1 Å². The third-order valence-electron chi connectivity index (χ3n) is 5.26. The van der Waals surface area contributed by atoms with Crippen molar-refractivity contribution in [2.24, 2.45) is 0 Å². The molecule has 2 fully saturated rings. The number of hydrogen-bond donors (Lipinski definition) is 7. The maximum atomic E-state index is 11.6. The molecule has 0 spiro atoms. The van der Waals surface area contributed by atoms with E-state index in [4.69, 9.17) is 47.6 Å². The van der Waals surface area contributed by atoms with E-state index in [0.717, 1.165) is 27.5 Å². The molecule has 4 heterocycles. The summed E-state index contributed by atoms with van der Waals surface area (Å²) in [5.74, 6) is 0. The fraction of sp³-hybridized carbons (Fsp3) is 0.500. The van der Waals surface area contributed by atoms with Gasteiger partial charge in [0, 0.05) is 24.5 Å². The molecule has 7 N–H and O–H groups in total. The lowest BCUT2D eigenvalue weighted by Crippen LogP contribution is -2.35. The van der Waals surface area contributed by atoms with Gasteiger partial charge in [0.05, 0.1) is 6.61 Å². The Morgan fingerprint density at radius 3 is 1.82 bits per heavy atom. The zero-order chi connectivity index (χ0) is 28.3. The van der Waals surface area contributed by atoms with E-state index in [1.54, 1.807) is 0 Å². The standard InChI is InChI=1S/C9H10ClN2O8P.C9H11ClN2O5/c10-4-5(14)7(20-9(16)21(17)18)19-6(4)12-2-1-3(13)11-8(12)15;10-6-7(15)4(3-13)17-8(6)12-2-1-5(14)11-9(12)16/h1-2,4-7,14,17-18H,(H,11,13,15);1-2,4,6-8,13,15H,3H2,(H,11,14,16)/t4-,5+,6-,7-;4-,6-,7-,8-/m11/s1. The number of hydrogen-bond acceptors (Lipinski definition) is 13. The van der Waals surface area contributed by atoms with E-state index >= 15 is 0 Å². The topological polar surface area (TPSA) is 256 Å². The molecule has 2 aliphatic heterocycles. The van der Waals surface area contributed by atoms with Crippen molar-refractivity contribution in [1.29, 1.82) is 0 Å². The molecule has 0 aromatic carbocycles. The van der Waals surface area contributed by atoms with Gasteiger partial charge < -0.3 is 39.3 Å². The Bertz CT molecular complexity index is 1360. The summed E-state index contributed by atoms with van der Waals surface area (Å²) in [6, 6.07) is 2.19. The van der Waals surface area contributed by atoms with Gasteiger partial charge in [0.15, 0.2) is 12.5 Å². The Labute approximate surface area is 221 Å². The first-order chi connectivity index (χ1) is 17.8. The van der Waals surface area contributed by atoms with E-state index in [9.17, 15) is 34.2 Å². The molecular formula is C18H21Cl2N4O13P. The summed E-state index contributed by atoms with van der Waals surface area (Å²) in [6.45, 7) is -0.404. The third-order valence-corrected chi connectivity index (χ3v) is 6.64. The highest BCUT2D eigenvalue weighted by Gasteiger charge is 2.47. The minimum absolute atomic E-state index is 0.404. The third kappa shape index (κ3) is 6.58. The summed E-state index contributed by atoms with van der Waals surface area (Å²) in [7, 11) is -3.00. The van der Waals surface area contributed by atoms with Crippen LogP contribution in [0.25, 0.3) is 0 Å². The highest BCUT2D eigenvalue weighted by molar-refractivity contribution is 7.63. The molecule has 38 heavy (non-hydrogen) atoms. The van der Waals surface area contributed by atoms with Crippen LogP contribution in [-0.4, -0.2) is 91.9 Å². The smallest absolute Gasteiger partial charge is 0.386 e. The molecule has 210 valence electrons. The second-order valence-electron chi connectivity index (χ2n) is 7.72. The molecule has 17 nitrogen and oxygen atoms in total. The fourth-order valence-corrected chi connectivity index (χ4v) is 4.25. The van der Waals surface area contributed by atoms with Gasteiger partial charge in [0.1, 0.15) is 29.1 Å². The molecular weight excluding hydrogens is 582 g/mol. The maximum absolute atomic E-state index is 11.6. The average Bonchev–Trinajstić information content (AvgIpc) is 3.29. The van der Waals surface area contributed by atoms with Gasteiger partial charge in [-0.3, -0.25) is 28.7 Å². The summed E-state index contributed by atoms with van der Waals surface area (Å²) < 4.78 is 16.9. The lowest BCUT2D eigenvalue weighted by Gasteiger charge is -2.16. The number of aliphatic hydroxyl groups is 3. The van der Waals surface area contributed by atoms with Gasteiger partial charge in [-0.05, 0) is 0 Å². The van der Waals surface area contributed by atoms with Crippen molar-refractivity contribution in [3.8, 4) is 0 Å². The average molecular weight is 603 g/mol. The zero-order valence-corrected chi connectivity index (χ0v) is 21.1. The van der Waals surface area contributed by atoms with Crippen molar-refractivity contribution in [2.75, 3.05) is 6.61 Å². The van der Waals surface area contributed by atoms with Gasteiger partial charge in [-0.15, -0.1) is 23.2 Å². The van der Waals surface area contributed by atoms with Crippen LogP contribution in [0, 0.1) is 0 Å². The molecule has 0 radical (unpaired) electrons.